The van der Waals surface area contributed by atoms with Crippen LogP contribution >= 0.6 is 0 Å². The Hall–Kier alpha value is -3.33. The fraction of sp³-hybridized carbons (Fsp3) is 0.125. The van der Waals surface area contributed by atoms with Crippen LogP contribution < -0.4 is 4.74 Å². The standard InChI is InChI=1S/C24H22O3/c1-16-14-17(2)21(20(15-16)27-3)22(18-10-6-4-7-11-18)23(24(25)26)19-12-8-5-9-13-19/h4-15H,1-3H3,(H,25,26)/b23-22+. The second-order valence-corrected chi connectivity index (χ2v) is 6.45. The number of aryl methyl sites for hydroxylation is 2. The van der Waals surface area contributed by atoms with Gasteiger partial charge in [-0.25, -0.2) is 4.79 Å². The fourth-order valence-corrected chi connectivity index (χ4v) is 3.41. The van der Waals surface area contributed by atoms with Crippen LogP contribution in [-0.4, -0.2) is 18.2 Å². The molecular weight excluding hydrogens is 336 g/mol. The molecule has 0 amide bonds. The van der Waals surface area contributed by atoms with Crippen LogP contribution in [-0.2, 0) is 4.79 Å². The van der Waals surface area contributed by atoms with E-state index in [2.05, 4.69) is 0 Å². The average molecular weight is 358 g/mol. The number of hydrogen-bond acceptors (Lipinski definition) is 2. The Bertz CT molecular complexity index is 987. The SMILES string of the molecule is COc1cc(C)cc(C)c1/C(=C(/C(=O)O)c1ccccc1)c1ccccc1. The topological polar surface area (TPSA) is 46.5 Å². The number of aliphatic carboxylic acids is 1. The summed E-state index contributed by atoms with van der Waals surface area (Å²) in [6.45, 7) is 3.98. The van der Waals surface area contributed by atoms with E-state index < -0.39 is 5.97 Å². The van der Waals surface area contributed by atoms with Crippen LogP contribution in [0, 0.1) is 13.8 Å². The minimum absolute atomic E-state index is 0.257. The first kappa shape index (κ1) is 18.5. The molecule has 0 aliphatic carbocycles. The van der Waals surface area contributed by atoms with E-state index in [0.717, 1.165) is 22.3 Å². The zero-order valence-corrected chi connectivity index (χ0v) is 15.7. The van der Waals surface area contributed by atoms with Gasteiger partial charge in [0.2, 0.25) is 0 Å². The molecule has 3 heteroatoms. The molecule has 0 aromatic heterocycles. The largest absolute Gasteiger partial charge is 0.496 e. The molecule has 3 aromatic rings. The summed E-state index contributed by atoms with van der Waals surface area (Å²) in [6.07, 6.45) is 0. The van der Waals surface area contributed by atoms with E-state index in [9.17, 15) is 9.90 Å². The summed E-state index contributed by atoms with van der Waals surface area (Å²) in [7, 11) is 1.61. The van der Waals surface area contributed by atoms with Gasteiger partial charge in [0, 0.05) is 11.1 Å². The Balaban J connectivity index is 2.46. The molecule has 0 aliphatic heterocycles. The molecule has 1 N–H and O–H groups in total. The van der Waals surface area contributed by atoms with Crippen LogP contribution in [0.15, 0.2) is 72.8 Å². The molecule has 0 spiro atoms. The summed E-state index contributed by atoms with van der Waals surface area (Å²) in [5.74, 6) is -0.303. The van der Waals surface area contributed by atoms with Crippen molar-refractivity contribution >= 4 is 17.1 Å². The van der Waals surface area contributed by atoms with Crippen molar-refractivity contribution in [2.45, 2.75) is 13.8 Å². The highest BCUT2D eigenvalue weighted by Gasteiger charge is 2.23. The lowest BCUT2D eigenvalue weighted by Gasteiger charge is -2.19. The third-order valence-electron chi connectivity index (χ3n) is 4.50. The lowest BCUT2D eigenvalue weighted by atomic mass is 9.86. The van der Waals surface area contributed by atoms with Crippen molar-refractivity contribution in [3.05, 3.63) is 101 Å². The average Bonchev–Trinajstić information content (AvgIpc) is 2.67. The van der Waals surface area contributed by atoms with Gasteiger partial charge in [-0.2, -0.15) is 0 Å². The Morgan fingerprint density at radius 1 is 0.852 bits per heavy atom. The molecule has 0 saturated heterocycles. The van der Waals surface area contributed by atoms with Crippen LogP contribution in [0.1, 0.15) is 27.8 Å². The van der Waals surface area contributed by atoms with Crippen molar-refractivity contribution < 1.29 is 14.6 Å². The number of hydrogen-bond donors (Lipinski definition) is 1. The third kappa shape index (κ3) is 3.77. The van der Waals surface area contributed by atoms with E-state index in [0.29, 0.717) is 16.9 Å². The van der Waals surface area contributed by atoms with Crippen LogP contribution in [0.5, 0.6) is 5.75 Å². The highest BCUT2D eigenvalue weighted by Crippen LogP contribution is 2.39. The Morgan fingerprint density at radius 2 is 1.41 bits per heavy atom. The number of rotatable bonds is 5. The normalized spacial score (nSPS) is 11.7. The van der Waals surface area contributed by atoms with Gasteiger partial charge >= 0.3 is 5.97 Å². The molecule has 0 saturated carbocycles. The Morgan fingerprint density at radius 3 is 1.93 bits per heavy atom. The summed E-state index contributed by atoms with van der Waals surface area (Å²) in [5.41, 5.74) is 5.25. The molecule has 136 valence electrons. The molecule has 27 heavy (non-hydrogen) atoms. The van der Waals surface area contributed by atoms with Crippen molar-refractivity contribution in [3.63, 3.8) is 0 Å². The van der Waals surface area contributed by atoms with Crippen LogP contribution in [0.25, 0.3) is 11.1 Å². The molecule has 3 nitrogen and oxygen atoms in total. The highest BCUT2D eigenvalue weighted by atomic mass is 16.5. The number of benzene rings is 3. The van der Waals surface area contributed by atoms with Gasteiger partial charge in [-0.15, -0.1) is 0 Å². The quantitative estimate of drug-likeness (QED) is 0.494. The Labute approximate surface area is 159 Å². The monoisotopic (exact) mass is 358 g/mol. The molecule has 0 heterocycles. The van der Waals surface area contributed by atoms with Crippen LogP contribution in [0.4, 0.5) is 0 Å². The van der Waals surface area contributed by atoms with Crippen molar-refractivity contribution in [2.24, 2.45) is 0 Å². The van der Waals surface area contributed by atoms with E-state index in [1.165, 1.54) is 0 Å². The van der Waals surface area contributed by atoms with E-state index in [1.54, 1.807) is 7.11 Å². The number of carboxylic acids is 1. The molecule has 3 rings (SSSR count). The number of carboxylic acid groups (broad SMARTS) is 1. The van der Waals surface area contributed by atoms with E-state index >= 15 is 0 Å². The van der Waals surface area contributed by atoms with E-state index in [1.807, 2.05) is 86.6 Å². The van der Waals surface area contributed by atoms with Gasteiger partial charge in [0.1, 0.15) is 5.75 Å². The fourth-order valence-electron chi connectivity index (χ4n) is 3.41. The minimum Gasteiger partial charge on any atom is -0.496 e. The number of methoxy groups -OCH3 is 1. The van der Waals surface area contributed by atoms with Crippen molar-refractivity contribution in [3.8, 4) is 5.75 Å². The first-order chi connectivity index (χ1) is 13.0. The van der Waals surface area contributed by atoms with Gasteiger partial charge in [0.05, 0.1) is 12.7 Å². The summed E-state index contributed by atoms with van der Waals surface area (Å²) in [4.78, 5) is 12.4. The molecule has 0 atom stereocenters. The van der Waals surface area contributed by atoms with Gasteiger partial charge in [-0.1, -0.05) is 66.7 Å². The summed E-state index contributed by atoms with van der Waals surface area (Å²) in [5, 5.41) is 10.1. The lowest BCUT2D eigenvalue weighted by molar-refractivity contribution is -0.130. The number of carbonyl (C=O) groups is 1. The predicted octanol–water partition coefficient (Wildman–Crippen LogP) is 5.36. The molecule has 0 fully saturated rings. The van der Waals surface area contributed by atoms with E-state index in [-0.39, 0.29) is 5.57 Å². The van der Waals surface area contributed by atoms with Gasteiger partial charge in [0.15, 0.2) is 0 Å². The van der Waals surface area contributed by atoms with Crippen LogP contribution in [0.3, 0.4) is 0 Å². The van der Waals surface area contributed by atoms with Gasteiger partial charge in [-0.3, -0.25) is 0 Å². The lowest BCUT2D eigenvalue weighted by Crippen LogP contribution is -2.07. The molecule has 3 aromatic carbocycles. The summed E-state index contributed by atoms with van der Waals surface area (Å²) < 4.78 is 5.65. The summed E-state index contributed by atoms with van der Waals surface area (Å²) >= 11 is 0. The van der Waals surface area contributed by atoms with Crippen LogP contribution in [0.2, 0.25) is 0 Å². The predicted molar refractivity (Wildman–Crippen MR) is 109 cm³/mol. The maximum atomic E-state index is 12.4. The molecule has 0 radical (unpaired) electrons. The highest BCUT2D eigenvalue weighted by molar-refractivity contribution is 6.26. The zero-order valence-electron chi connectivity index (χ0n) is 15.7. The molecule has 0 bridgehead atoms. The van der Waals surface area contributed by atoms with Crippen molar-refractivity contribution in [2.75, 3.05) is 7.11 Å². The molecule has 0 aliphatic rings. The summed E-state index contributed by atoms with van der Waals surface area (Å²) in [6, 6.07) is 22.8. The maximum absolute atomic E-state index is 12.4. The third-order valence-corrected chi connectivity index (χ3v) is 4.50. The second kappa shape index (κ2) is 7.92. The second-order valence-electron chi connectivity index (χ2n) is 6.45. The zero-order chi connectivity index (χ0) is 19.4. The maximum Gasteiger partial charge on any atom is 0.336 e. The smallest absolute Gasteiger partial charge is 0.336 e. The van der Waals surface area contributed by atoms with Crippen molar-refractivity contribution in [1.82, 2.24) is 0 Å². The first-order valence-electron chi connectivity index (χ1n) is 8.77. The Kier molecular flexibility index (Phi) is 5.41. The van der Waals surface area contributed by atoms with Gasteiger partial charge in [-0.05, 0) is 42.2 Å². The van der Waals surface area contributed by atoms with E-state index in [4.69, 9.17) is 4.74 Å². The number of ether oxygens (including phenoxy) is 1. The van der Waals surface area contributed by atoms with Gasteiger partial charge < -0.3 is 9.84 Å². The first-order valence-corrected chi connectivity index (χ1v) is 8.77. The van der Waals surface area contributed by atoms with Gasteiger partial charge in [0.25, 0.3) is 0 Å². The minimum atomic E-state index is -0.970. The molecule has 0 unspecified atom stereocenters. The van der Waals surface area contributed by atoms with Crippen molar-refractivity contribution in [1.29, 1.82) is 0 Å². The molecular formula is C24H22O3.